The summed E-state index contributed by atoms with van der Waals surface area (Å²) in [4.78, 5) is 18.7. The lowest BCUT2D eigenvalue weighted by Crippen LogP contribution is -2.37. The van der Waals surface area contributed by atoms with Crippen molar-refractivity contribution in [1.82, 2.24) is 14.4 Å². The van der Waals surface area contributed by atoms with E-state index in [1.165, 1.54) is 6.07 Å². The molecule has 0 unspecified atom stereocenters. The molecule has 0 atom stereocenters. The van der Waals surface area contributed by atoms with Gasteiger partial charge in [-0.05, 0) is 43.2 Å². The predicted octanol–water partition coefficient (Wildman–Crippen LogP) is 5.09. The van der Waals surface area contributed by atoms with E-state index < -0.39 is 0 Å². The molecule has 31 heavy (non-hydrogen) atoms. The first kappa shape index (κ1) is 21.3. The highest BCUT2D eigenvalue weighted by Crippen LogP contribution is 2.28. The van der Waals surface area contributed by atoms with Gasteiger partial charge in [0.1, 0.15) is 16.3 Å². The van der Waals surface area contributed by atoms with Crippen LogP contribution in [0.1, 0.15) is 21.6 Å². The Bertz CT molecular complexity index is 1170. The van der Waals surface area contributed by atoms with Crippen molar-refractivity contribution in [3.63, 3.8) is 0 Å². The average molecular weight is 436 g/mol. The zero-order chi connectivity index (χ0) is 21.8. The molecule has 2 aromatic carbocycles. The molecule has 160 valence electrons. The standard InChI is InChI=1S/C25H26FN3OS/c1-27(2)13-14-28(17-19-8-4-3-5-9-19)24(30)23-16-20-12-15-31-25(20)29(23)18-21-10-6-7-11-22(21)26/h3-12,15-16H,13-14,17-18H2,1-2H3. The van der Waals surface area contributed by atoms with Crippen LogP contribution < -0.4 is 0 Å². The molecule has 1 amide bonds. The second-order valence-electron chi connectivity index (χ2n) is 7.90. The maximum Gasteiger partial charge on any atom is 0.270 e. The molecule has 0 radical (unpaired) electrons. The minimum Gasteiger partial charge on any atom is -0.332 e. The topological polar surface area (TPSA) is 28.5 Å². The van der Waals surface area contributed by atoms with Gasteiger partial charge in [0.05, 0.1) is 6.54 Å². The van der Waals surface area contributed by atoms with E-state index in [-0.39, 0.29) is 11.7 Å². The summed E-state index contributed by atoms with van der Waals surface area (Å²) in [5, 5.41) is 3.02. The molecule has 4 aromatic rings. The van der Waals surface area contributed by atoms with Crippen LogP contribution in [0.5, 0.6) is 0 Å². The summed E-state index contributed by atoms with van der Waals surface area (Å²) in [5.74, 6) is -0.293. The van der Waals surface area contributed by atoms with Crippen LogP contribution in [0.4, 0.5) is 4.39 Å². The monoisotopic (exact) mass is 435 g/mol. The van der Waals surface area contributed by atoms with E-state index in [2.05, 4.69) is 4.90 Å². The lowest BCUT2D eigenvalue weighted by atomic mass is 10.2. The van der Waals surface area contributed by atoms with Crippen molar-refractivity contribution < 1.29 is 9.18 Å². The lowest BCUT2D eigenvalue weighted by Gasteiger charge is -2.25. The second kappa shape index (κ2) is 9.45. The number of fused-ring (bicyclic) bond motifs is 1. The molecule has 0 bridgehead atoms. The molecular weight excluding hydrogens is 409 g/mol. The number of carbonyl (C=O) groups excluding carboxylic acids is 1. The number of hydrogen-bond donors (Lipinski definition) is 0. The van der Waals surface area contributed by atoms with Gasteiger partial charge in [0.25, 0.3) is 5.91 Å². The van der Waals surface area contributed by atoms with E-state index >= 15 is 0 Å². The Balaban J connectivity index is 1.70. The summed E-state index contributed by atoms with van der Waals surface area (Å²) in [7, 11) is 4.00. The normalized spacial score (nSPS) is 11.4. The number of aromatic nitrogens is 1. The number of likely N-dealkylation sites (N-methyl/N-ethyl adjacent to an activating group) is 1. The minimum absolute atomic E-state index is 0.0366. The number of benzene rings is 2. The van der Waals surface area contributed by atoms with Crippen LogP contribution in [0.25, 0.3) is 10.2 Å². The number of halogens is 1. The second-order valence-corrected chi connectivity index (χ2v) is 8.80. The Morgan fingerprint density at radius 2 is 1.74 bits per heavy atom. The summed E-state index contributed by atoms with van der Waals surface area (Å²) in [6.45, 7) is 2.23. The van der Waals surface area contributed by atoms with Crippen molar-refractivity contribution in [2.24, 2.45) is 0 Å². The van der Waals surface area contributed by atoms with Crippen molar-refractivity contribution in [3.05, 3.63) is 94.7 Å². The van der Waals surface area contributed by atoms with E-state index in [9.17, 15) is 9.18 Å². The fourth-order valence-corrected chi connectivity index (χ4v) is 4.54. The number of rotatable bonds is 8. The quantitative estimate of drug-likeness (QED) is 0.385. The SMILES string of the molecule is CN(C)CCN(Cc1ccccc1)C(=O)c1cc2ccsc2n1Cc1ccccc1F. The Morgan fingerprint density at radius 3 is 2.48 bits per heavy atom. The zero-order valence-electron chi connectivity index (χ0n) is 17.8. The molecular formula is C25H26FN3OS. The molecule has 0 spiro atoms. The van der Waals surface area contributed by atoms with Crippen molar-refractivity contribution in [1.29, 1.82) is 0 Å². The summed E-state index contributed by atoms with van der Waals surface area (Å²) < 4.78 is 16.3. The molecule has 2 heterocycles. The van der Waals surface area contributed by atoms with Gasteiger partial charge in [0.2, 0.25) is 0 Å². The molecule has 0 N–H and O–H groups in total. The highest BCUT2D eigenvalue weighted by atomic mass is 32.1. The largest absolute Gasteiger partial charge is 0.332 e. The first-order valence-electron chi connectivity index (χ1n) is 10.3. The fourth-order valence-electron chi connectivity index (χ4n) is 3.65. The van der Waals surface area contributed by atoms with Gasteiger partial charge >= 0.3 is 0 Å². The summed E-state index contributed by atoms with van der Waals surface area (Å²) in [6, 6.07) is 20.7. The van der Waals surface area contributed by atoms with Gasteiger partial charge in [0.15, 0.2) is 0 Å². The average Bonchev–Trinajstić information content (AvgIpc) is 3.35. The van der Waals surface area contributed by atoms with Gasteiger partial charge in [-0.25, -0.2) is 4.39 Å². The van der Waals surface area contributed by atoms with Crippen molar-refractivity contribution >= 4 is 27.5 Å². The van der Waals surface area contributed by atoms with Crippen LogP contribution in [0, 0.1) is 5.82 Å². The zero-order valence-corrected chi connectivity index (χ0v) is 18.6. The molecule has 0 aliphatic rings. The van der Waals surface area contributed by atoms with Crippen LogP contribution in [0.15, 0.2) is 72.1 Å². The predicted molar refractivity (Wildman–Crippen MR) is 125 cm³/mol. The van der Waals surface area contributed by atoms with Gasteiger partial charge < -0.3 is 14.4 Å². The molecule has 0 saturated carbocycles. The van der Waals surface area contributed by atoms with E-state index in [0.29, 0.717) is 30.9 Å². The Labute approximate surface area is 186 Å². The molecule has 0 aliphatic carbocycles. The van der Waals surface area contributed by atoms with Gasteiger partial charge in [-0.15, -0.1) is 11.3 Å². The Hall–Kier alpha value is -2.96. The molecule has 6 heteroatoms. The molecule has 2 aromatic heterocycles. The van der Waals surface area contributed by atoms with Crippen LogP contribution >= 0.6 is 11.3 Å². The fraction of sp³-hybridized carbons (Fsp3) is 0.240. The maximum atomic E-state index is 14.4. The number of amides is 1. The molecule has 4 nitrogen and oxygen atoms in total. The first-order valence-corrected chi connectivity index (χ1v) is 11.2. The molecule has 0 fully saturated rings. The van der Waals surface area contributed by atoms with Gasteiger partial charge in [0, 0.05) is 30.6 Å². The Morgan fingerprint density at radius 1 is 1.00 bits per heavy atom. The Kier molecular flexibility index (Phi) is 6.49. The van der Waals surface area contributed by atoms with Crippen LogP contribution in [-0.2, 0) is 13.1 Å². The maximum absolute atomic E-state index is 14.4. The number of nitrogens with zero attached hydrogens (tertiary/aromatic N) is 3. The molecule has 0 saturated heterocycles. The van der Waals surface area contributed by atoms with Crippen molar-refractivity contribution in [2.75, 3.05) is 27.2 Å². The highest BCUT2D eigenvalue weighted by Gasteiger charge is 2.23. The number of thiophene rings is 1. The van der Waals surface area contributed by atoms with Crippen LogP contribution in [0.2, 0.25) is 0 Å². The molecule has 0 aliphatic heterocycles. The third-order valence-corrected chi connectivity index (χ3v) is 6.28. The molecule has 4 rings (SSSR count). The van der Waals surface area contributed by atoms with Crippen molar-refractivity contribution in [2.45, 2.75) is 13.1 Å². The van der Waals surface area contributed by atoms with E-state index in [0.717, 1.165) is 22.3 Å². The van der Waals surface area contributed by atoms with Gasteiger partial charge in [-0.3, -0.25) is 4.79 Å². The van der Waals surface area contributed by atoms with Crippen LogP contribution in [0.3, 0.4) is 0 Å². The number of carbonyl (C=O) groups is 1. The van der Waals surface area contributed by atoms with E-state index in [1.54, 1.807) is 23.5 Å². The minimum atomic E-state index is -0.256. The lowest BCUT2D eigenvalue weighted by molar-refractivity contribution is 0.0722. The van der Waals surface area contributed by atoms with Crippen molar-refractivity contribution in [3.8, 4) is 0 Å². The first-order chi connectivity index (χ1) is 15.0. The summed E-state index contributed by atoms with van der Waals surface area (Å²) in [6.07, 6.45) is 0. The van der Waals surface area contributed by atoms with E-state index in [1.807, 2.05) is 77.5 Å². The number of hydrogen-bond acceptors (Lipinski definition) is 3. The smallest absolute Gasteiger partial charge is 0.270 e. The summed E-state index contributed by atoms with van der Waals surface area (Å²) >= 11 is 1.57. The van der Waals surface area contributed by atoms with Gasteiger partial charge in [-0.1, -0.05) is 48.5 Å². The third kappa shape index (κ3) is 4.86. The van der Waals surface area contributed by atoms with Crippen LogP contribution in [-0.4, -0.2) is 47.5 Å². The summed E-state index contributed by atoms with van der Waals surface area (Å²) in [5.41, 5.74) is 2.26. The highest BCUT2D eigenvalue weighted by molar-refractivity contribution is 7.16. The van der Waals surface area contributed by atoms with E-state index in [4.69, 9.17) is 0 Å². The van der Waals surface area contributed by atoms with Gasteiger partial charge in [-0.2, -0.15) is 0 Å². The third-order valence-electron chi connectivity index (χ3n) is 5.33.